The van der Waals surface area contributed by atoms with E-state index in [4.69, 9.17) is 0 Å². The van der Waals surface area contributed by atoms with Crippen LogP contribution in [0.1, 0.15) is 34.3 Å². The SMILES string of the molecule is Cc1cccc(C(=O)NCCC(=O)Nc2nnc(SCCCc3ccccc3)s2)c1. The van der Waals surface area contributed by atoms with Gasteiger partial charge in [-0.15, -0.1) is 10.2 Å². The number of nitrogens with one attached hydrogen (secondary N) is 2. The minimum Gasteiger partial charge on any atom is -0.352 e. The number of thioether (sulfide) groups is 1. The van der Waals surface area contributed by atoms with Crippen molar-refractivity contribution in [2.45, 2.75) is 30.5 Å². The maximum Gasteiger partial charge on any atom is 0.251 e. The van der Waals surface area contributed by atoms with Crippen LogP contribution in [-0.4, -0.2) is 34.3 Å². The van der Waals surface area contributed by atoms with E-state index in [0.717, 1.165) is 28.5 Å². The third-order valence-corrected chi connectivity index (χ3v) is 6.31. The third-order valence-electron chi connectivity index (χ3n) is 4.25. The first kappa shape index (κ1) is 22.0. The van der Waals surface area contributed by atoms with Crippen molar-refractivity contribution in [3.8, 4) is 0 Å². The highest BCUT2D eigenvalue weighted by Gasteiger charge is 2.10. The third kappa shape index (κ3) is 7.27. The van der Waals surface area contributed by atoms with Crippen LogP contribution in [0.5, 0.6) is 0 Å². The van der Waals surface area contributed by atoms with Crippen LogP contribution >= 0.6 is 23.1 Å². The molecule has 0 radical (unpaired) electrons. The molecule has 2 amide bonds. The number of anilines is 1. The van der Waals surface area contributed by atoms with Crippen LogP contribution < -0.4 is 10.6 Å². The van der Waals surface area contributed by atoms with E-state index in [1.165, 1.54) is 16.9 Å². The van der Waals surface area contributed by atoms with Gasteiger partial charge in [-0.2, -0.15) is 0 Å². The molecule has 0 aliphatic heterocycles. The van der Waals surface area contributed by atoms with Crippen molar-refractivity contribution in [1.29, 1.82) is 0 Å². The second kappa shape index (κ2) is 11.5. The Bertz CT molecular complexity index is 976. The molecule has 1 heterocycles. The van der Waals surface area contributed by atoms with E-state index in [0.29, 0.717) is 10.7 Å². The number of carbonyl (C=O) groups excluding carboxylic acids is 2. The number of hydrogen-bond acceptors (Lipinski definition) is 6. The molecular formula is C22H24N4O2S2. The number of hydrogen-bond donors (Lipinski definition) is 2. The maximum atomic E-state index is 12.1. The van der Waals surface area contributed by atoms with E-state index in [-0.39, 0.29) is 24.8 Å². The van der Waals surface area contributed by atoms with Gasteiger partial charge in [-0.1, -0.05) is 71.1 Å². The second-order valence-electron chi connectivity index (χ2n) is 6.73. The summed E-state index contributed by atoms with van der Waals surface area (Å²) < 4.78 is 0.839. The molecule has 156 valence electrons. The van der Waals surface area contributed by atoms with Gasteiger partial charge >= 0.3 is 0 Å². The first-order valence-corrected chi connectivity index (χ1v) is 11.6. The van der Waals surface area contributed by atoms with Crippen molar-refractivity contribution in [2.75, 3.05) is 17.6 Å². The Morgan fingerprint density at radius 3 is 2.70 bits per heavy atom. The lowest BCUT2D eigenvalue weighted by Gasteiger charge is -2.05. The fourth-order valence-corrected chi connectivity index (χ4v) is 4.54. The van der Waals surface area contributed by atoms with Crippen molar-refractivity contribution in [3.05, 3.63) is 71.3 Å². The van der Waals surface area contributed by atoms with Crippen LogP contribution in [0.15, 0.2) is 58.9 Å². The van der Waals surface area contributed by atoms with Crippen LogP contribution in [0.4, 0.5) is 5.13 Å². The average Bonchev–Trinajstić information content (AvgIpc) is 3.19. The van der Waals surface area contributed by atoms with Gasteiger partial charge in [0, 0.05) is 24.3 Å². The molecule has 2 N–H and O–H groups in total. The fraction of sp³-hybridized carbons (Fsp3) is 0.273. The van der Waals surface area contributed by atoms with Crippen LogP contribution in [0.25, 0.3) is 0 Å². The summed E-state index contributed by atoms with van der Waals surface area (Å²) in [6, 6.07) is 17.7. The van der Waals surface area contributed by atoms with E-state index >= 15 is 0 Å². The van der Waals surface area contributed by atoms with Crippen molar-refractivity contribution >= 4 is 40.0 Å². The maximum absolute atomic E-state index is 12.1. The number of benzene rings is 2. The minimum absolute atomic E-state index is 0.177. The molecule has 0 spiro atoms. The predicted octanol–water partition coefficient (Wildman–Crippen LogP) is 4.33. The molecule has 0 atom stereocenters. The van der Waals surface area contributed by atoms with Crippen LogP contribution in [0.2, 0.25) is 0 Å². The van der Waals surface area contributed by atoms with Crippen molar-refractivity contribution in [2.24, 2.45) is 0 Å². The number of aryl methyl sites for hydroxylation is 2. The van der Waals surface area contributed by atoms with Gasteiger partial charge in [0.2, 0.25) is 11.0 Å². The molecule has 8 heteroatoms. The van der Waals surface area contributed by atoms with E-state index in [1.54, 1.807) is 17.8 Å². The van der Waals surface area contributed by atoms with E-state index in [2.05, 4.69) is 45.1 Å². The first-order valence-electron chi connectivity index (χ1n) is 9.75. The van der Waals surface area contributed by atoms with Gasteiger partial charge in [0.1, 0.15) is 0 Å². The monoisotopic (exact) mass is 440 g/mol. The van der Waals surface area contributed by atoms with Crippen molar-refractivity contribution in [3.63, 3.8) is 0 Å². The highest BCUT2D eigenvalue weighted by atomic mass is 32.2. The summed E-state index contributed by atoms with van der Waals surface area (Å²) in [4.78, 5) is 24.2. The van der Waals surface area contributed by atoms with Gasteiger partial charge in [0.15, 0.2) is 4.34 Å². The molecule has 0 saturated heterocycles. The predicted molar refractivity (Wildman–Crippen MR) is 122 cm³/mol. The molecule has 0 bridgehead atoms. The Kier molecular flexibility index (Phi) is 8.41. The Morgan fingerprint density at radius 2 is 1.90 bits per heavy atom. The summed E-state index contributed by atoms with van der Waals surface area (Å²) in [5, 5.41) is 14.1. The Labute approximate surface area is 184 Å². The van der Waals surface area contributed by atoms with Gasteiger partial charge in [-0.25, -0.2) is 0 Å². The van der Waals surface area contributed by atoms with Gasteiger partial charge in [0.25, 0.3) is 5.91 Å². The fourth-order valence-electron chi connectivity index (χ4n) is 2.76. The van der Waals surface area contributed by atoms with E-state index in [9.17, 15) is 9.59 Å². The number of amides is 2. The molecule has 1 aromatic heterocycles. The normalized spacial score (nSPS) is 10.6. The lowest BCUT2D eigenvalue weighted by atomic mass is 10.1. The molecule has 0 aliphatic rings. The van der Waals surface area contributed by atoms with E-state index < -0.39 is 0 Å². The Balaban J connectivity index is 1.33. The molecule has 0 fully saturated rings. The number of rotatable bonds is 10. The number of carbonyl (C=O) groups is 2. The topological polar surface area (TPSA) is 84.0 Å². The quantitative estimate of drug-likeness (QED) is 0.278. The zero-order valence-corrected chi connectivity index (χ0v) is 18.4. The summed E-state index contributed by atoms with van der Waals surface area (Å²) >= 11 is 3.01. The lowest BCUT2D eigenvalue weighted by Crippen LogP contribution is -2.27. The van der Waals surface area contributed by atoms with Crippen LogP contribution in [-0.2, 0) is 11.2 Å². The summed E-state index contributed by atoms with van der Waals surface area (Å²) in [7, 11) is 0. The standard InChI is InChI=1S/C22H24N4O2S2/c1-16-7-5-11-18(15-16)20(28)23-13-12-19(27)24-21-25-26-22(30-21)29-14-6-10-17-8-3-2-4-9-17/h2-5,7-9,11,15H,6,10,12-14H2,1H3,(H,23,28)(H,24,25,27). The molecular weight excluding hydrogens is 416 g/mol. The Hall–Kier alpha value is -2.71. The molecule has 2 aromatic carbocycles. The zero-order valence-electron chi connectivity index (χ0n) is 16.8. The summed E-state index contributed by atoms with van der Waals surface area (Å²) in [5.74, 6) is 0.565. The van der Waals surface area contributed by atoms with Crippen LogP contribution in [0.3, 0.4) is 0 Å². The number of aromatic nitrogens is 2. The molecule has 3 aromatic rings. The van der Waals surface area contributed by atoms with Crippen LogP contribution in [0, 0.1) is 6.92 Å². The molecule has 6 nitrogen and oxygen atoms in total. The largest absolute Gasteiger partial charge is 0.352 e. The van der Waals surface area contributed by atoms with Gasteiger partial charge in [-0.05, 0) is 37.5 Å². The molecule has 0 saturated carbocycles. The second-order valence-corrected chi connectivity index (χ2v) is 9.05. The van der Waals surface area contributed by atoms with Crippen molar-refractivity contribution in [1.82, 2.24) is 15.5 Å². The minimum atomic E-state index is -0.198. The molecule has 3 rings (SSSR count). The van der Waals surface area contributed by atoms with Gasteiger partial charge in [-0.3, -0.25) is 9.59 Å². The van der Waals surface area contributed by atoms with Gasteiger partial charge in [0.05, 0.1) is 0 Å². The average molecular weight is 441 g/mol. The molecule has 0 aliphatic carbocycles. The highest BCUT2D eigenvalue weighted by Crippen LogP contribution is 2.26. The summed E-state index contributed by atoms with van der Waals surface area (Å²) in [6.07, 6.45) is 2.26. The van der Waals surface area contributed by atoms with Gasteiger partial charge < -0.3 is 10.6 Å². The van der Waals surface area contributed by atoms with E-state index in [1.807, 2.05) is 31.2 Å². The zero-order chi connectivity index (χ0) is 21.2. The molecule has 30 heavy (non-hydrogen) atoms. The Morgan fingerprint density at radius 1 is 1.07 bits per heavy atom. The summed E-state index contributed by atoms with van der Waals surface area (Å²) in [5.41, 5.74) is 2.94. The smallest absolute Gasteiger partial charge is 0.251 e. The molecule has 0 unspecified atom stereocenters. The summed E-state index contributed by atoms with van der Waals surface area (Å²) in [6.45, 7) is 2.20. The lowest BCUT2D eigenvalue weighted by molar-refractivity contribution is -0.116. The highest BCUT2D eigenvalue weighted by molar-refractivity contribution is 8.01. The number of nitrogens with zero attached hydrogens (tertiary/aromatic N) is 2. The van der Waals surface area contributed by atoms with Crippen molar-refractivity contribution < 1.29 is 9.59 Å². The first-order chi connectivity index (χ1) is 14.6.